The lowest BCUT2D eigenvalue weighted by Crippen LogP contribution is -2.41. The highest BCUT2D eigenvalue weighted by Gasteiger charge is 2.52. The standard InChI is InChI=1S/C18H22FNO4/c19-15-6-2-1-5-13(15)11-24-12-14(21)10-20-16(22)9-18(17(20)23)7-3-4-8-18/h1-2,5-6,14,21H,3-4,7-12H2/t14-/m1/s1. The summed E-state index contributed by atoms with van der Waals surface area (Å²) in [6, 6.07) is 6.26. The fourth-order valence-corrected chi connectivity index (χ4v) is 3.67. The van der Waals surface area contributed by atoms with Gasteiger partial charge >= 0.3 is 0 Å². The number of carbonyl (C=O) groups excluding carboxylic acids is 2. The smallest absolute Gasteiger partial charge is 0.235 e. The molecule has 0 unspecified atom stereocenters. The first-order valence-electron chi connectivity index (χ1n) is 8.36. The van der Waals surface area contributed by atoms with Crippen molar-refractivity contribution in [3.63, 3.8) is 0 Å². The summed E-state index contributed by atoms with van der Waals surface area (Å²) in [6.45, 7) is -0.0787. The molecule has 1 saturated heterocycles. The second-order valence-electron chi connectivity index (χ2n) is 6.73. The number of halogens is 1. The topological polar surface area (TPSA) is 66.8 Å². The van der Waals surface area contributed by atoms with Gasteiger partial charge in [0.25, 0.3) is 0 Å². The molecule has 0 radical (unpaired) electrons. The predicted molar refractivity (Wildman–Crippen MR) is 84.3 cm³/mol. The SMILES string of the molecule is O=C1CC2(CCCC2)C(=O)N1C[C@@H](O)COCc1ccccc1F. The van der Waals surface area contributed by atoms with Gasteiger partial charge in [0.15, 0.2) is 0 Å². The fraction of sp³-hybridized carbons (Fsp3) is 0.556. The fourth-order valence-electron chi connectivity index (χ4n) is 3.67. The molecule has 1 N–H and O–H groups in total. The van der Waals surface area contributed by atoms with Crippen LogP contribution in [0.15, 0.2) is 24.3 Å². The van der Waals surface area contributed by atoms with E-state index in [2.05, 4.69) is 0 Å². The lowest BCUT2D eigenvalue weighted by molar-refractivity contribution is -0.143. The molecule has 6 heteroatoms. The normalized spacial score (nSPS) is 21.0. The number of rotatable bonds is 6. The largest absolute Gasteiger partial charge is 0.389 e. The zero-order valence-electron chi connectivity index (χ0n) is 13.5. The highest BCUT2D eigenvalue weighted by Crippen LogP contribution is 2.46. The molecule has 1 saturated carbocycles. The van der Waals surface area contributed by atoms with E-state index < -0.39 is 11.5 Å². The van der Waals surface area contributed by atoms with Gasteiger partial charge in [-0.05, 0) is 18.9 Å². The van der Waals surface area contributed by atoms with E-state index in [0.717, 1.165) is 25.7 Å². The van der Waals surface area contributed by atoms with Crippen molar-refractivity contribution in [3.05, 3.63) is 35.6 Å². The van der Waals surface area contributed by atoms with Crippen molar-refractivity contribution in [3.8, 4) is 0 Å². The van der Waals surface area contributed by atoms with Gasteiger partial charge in [0.2, 0.25) is 11.8 Å². The van der Waals surface area contributed by atoms with Crippen molar-refractivity contribution in [2.24, 2.45) is 5.41 Å². The number of ether oxygens (including phenoxy) is 1. The second-order valence-corrected chi connectivity index (χ2v) is 6.73. The number of likely N-dealkylation sites (tertiary alicyclic amines) is 1. The van der Waals surface area contributed by atoms with Crippen LogP contribution < -0.4 is 0 Å². The highest BCUT2D eigenvalue weighted by atomic mass is 19.1. The number of hydrogen-bond acceptors (Lipinski definition) is 4. The summed E-state index contributed by atoms with van der Waals surface area (Å²) in [5.74, 6) is -0.728. The Morgan fingerprint density at radius 1 is 1.25 bits per heavy atom. The maximum absolute atomic E-state index is 13.5. The van der Waals surface area contributed by atoms with Crippen LogP contribution in [0.25, 0.3) is 0 Å². The summed E-state index contributed by atoms with van der Waals surface area (Å²) in [7, 11) is 0. The van der Waals surface area contributed by atoms with Gasteiger partial charge < -0.3 is 9.84 Å². The average molecular weight is 335 g/mol. The van der Waals surface area contributed by atoms with Crippen molar-refractivity contribution < 1.29 is 23.8 Å². The Morgan fingerprint density at radius 3 is 2.67 bits per heavy atom. The monoisotopic (exact) mass is 335 g/mol. The molecule has 3 rings (SSSR count). The predicted octanol–water partition coefficient (Wildman–Crippen LogP) is 2.02. The van der Waals surface area contributed by atoms with Gasteiger partial charge in [-0.1, -0.05) is 31.0 Å². The van der Waals surface area contributed by atoms with Gasteiger partial charge in [0.05, 0.1) is 31.3 Å². The summed E-state index contributed by atoms with van der Waals surface area (Å²) in [6.07, 6.45) is 2.75. The van der Waals surface area contributed by atoms with Gasteiger partial charge in [-0.15, -0.1) is 0 Å². The van der Waals surface area contributed by atoms with Crippen LogP contribution in [0, 0.1) is 11.2 Å². The summed E-state index contributed by atoms with van der Waals surface area (Å²) in [4.78, 5) is 25.8. The van der Waals surface area contributed by atoms with E-state index in [0.29, 0.717) is 5.56 Å². The Balaban J connectivity index is 1.50. The number of hydrogen-bond donors (Lipinski definition) is 1. The van der Waals surface area contributed by atoms with Crippen LogP contribution in [0.5, 0.6) is 0 Å². The number of benzene rings is 1. The minimum Gasteiger partial charge on any atom is -0.389 e. The van der Waals surface area contributed by atoms with Crippen LogP contribution in [0.3, 0.4) is 0 Å². The first-order chi connectivity index (χ1) is 11.5. The Labute approximate surface area is 140 Å². The molecule has 130 valence electrons. The number of aliphatic hydroxyl groups excluding tert-OH is 1. The van der Waals surface area contributed by atoms with Crippen LogP contribution in [0.2, 0.25) is 0 Å². The van der Waals surface area contributed by atoms with E-state index in [1.165, 1.54) is 11.0 Å². The third-order valence-electron chi connectivity index (χ3n) is 4.97. The van der Waals surface area contributed by atoms with Crippen LogP contribution >= 0.6 is 0 Å². The lowest BCUT2D eigenvalue weighted by Gasteiger charge is -2.22. The molecular weight excluding hydrogens is 313 g/mol. The first kappa shape index (κ1) is 17.0. The number of amides is 2. The minimum atomic E-state index is -0.971. The molecule has 0 bridgehead atoms. The summed E-state index contributed by atoms with van der Waals surface area (Å²) in [5.41, 5.74) is -0.117. The van der Waals surface area contributed by atoms with Crippen molar-refractivity contribution in [2.45, 2.75) is 44.8 Å². The van der Waals surface area contributed by atoms with Gasteiger partial charge in [-0.2, -0.15) is 0 Å². The summed E-state index contributed by atoms with van der Waals surface area (Å²) >= 11 is 0. The van der Waals surface area contributed by atoms with Crippen molar-refractivity contribution in [1.29, 1.82) is 0 Å². The number of aliphatic hydroxyl groups is 1. The molecule has 1 aromatic rings. The Hall–Kier alpha value is -1.79. The molecule has 1 spiro atoms. The quantitative estimate of drug-likeness (QED) is 0.808. The van der Waals surface area contributed by atoms with Crippen LogP contribution in [-0.2, 0) is 20.9 Å². The Bertz CT molecular complexity index is 627. The molecule has 0 aromatic heterocycles. The molecule has 5 nitrogen and oxygen atoms in total. The number of carbonyl (C=O) groups is 2. The molecule has 1 heterocycles. The maximum Gasteiger partial charge on any atom is 0.235 e. The third-order valence-corrected chi connectivity index (χ3v) is 4.97. The molecule has 1 atom stereocenters. The lowest BCUT2D eigenvalue weighted by atomic mass is 9.84. The zero-order valence-corrected chi connectivity index (χ0v) is 13.5. The van der Waals surface area contributed by atoms with Gasteiger partial charge in [0.1, 0.15) is 5.82 Å². The molecule has 1 aromatic carbocycles. The molecule has 2 aliphatic rings. The van der Waals surface area contributed by atoms with Crippen LogP contribution in [-0.4, -0.2) is 41.1 Å². The first-order valence-corrected chi connectivity index (χ1v) is 8.36. The van der Waals surface area contributed by atoms with Gasteiger partial charge in [-0.3, -0.25) is 14.5 Å². The number of imide groups is 1. The zero-order chi connectivity index (χ0) is 17.2. The molecule has 1 aliphatic heterocycles. The van der Waals surface area contributed by atoms with E-state index in [1.807, 2.05) is 0 Å². The van der Waals surface area contributed by atoms with E-state index >= 15 is 0 Å². The second kappa shape index (κ2) is 6.99. The third kappa shape index (κ3) is 3.35. The highest BCUT2D eigenvalue weighted by molar-refractivity contribution is 6.06. The molecule has 2 amide bonds. The Kier molecular flexibility index (Phi) is 4.96. The van der Waals surface area contributed by atoms with Crippen molar-refractivity contribution in [1.82, 2.24) is 4.90 Å². The summed E-state index contributed by atoms with van der Waals surface area (Å²) < 4.78 is 18.8. The van der Waals surface area contributed by atoms with Crippen molar-refractivity contribution in [2.75, 3.05) is 13.2 Å². The average Bonchev–Trinajstić information content (AvgIpc) is 3.11. The van der Waals surface area contributed by atoms with Gasteiger partial charge in [-0.25, -0.2) is 4.39 Å². The van der Waals surface area contributed by atoms with E-state index in [4.69, 9.17) is 4.74 Å². The summed E-state index contributed by atoms with van der Waals surface area (Å²) in [5, 5.41) is 10.1. The number of β-amino-alcohol motifs (C(OH)–C–C–N with tert-alkyl or cyclic N) is 1. The molecule has 1 aliphatic carbocycles. The Morgan fingerprint density at radius 2 is 1.96 bits per heavy atom. The van der Waals surface area contributed by atoms with Crippen LogP contribution in [0.1, 0.15) is 37.7 Å². The molecule has 24 heavy (non-hydrogen) atoms. The van der Waals surface area contributed by atoms with E-state index in [9.17, 15) is 19.1 Å². The molecular formula is C18H22FNO4. The van der Waals surface area contributed by atoms with Crippen LogP contribution in [0.4, 0.5) is 4.39 Å². The maximum atomic E-state index is 13.5. The van der Waals surface area contributed by atoms with E-state index in [-0.39, 0.29) is 43.8 Å². The minimum absolute atomic E-state index is 0.0373. The van der Waals surface area contributed by atoms with E-state index in [1.54, 1.807) is 18.2 Å². The van der Waals surface area contributed by atoms with Crippen molar-refractivity contribution >= 4 is 11.8 Å². The molecule has 2 fully saturated rings. The van der Waals surface area contributed by atoms with Gasteiger partial charge in [0, 0.05) is 12.0 Å². The number of nitrogens with zero attached hydrogens (tertiary/aromatic N) is 1.